The lowest BCUT2D eigenvalue weighted by Gasteiger charge is -2.17. The van der Waals surface area contributed by atoms with Crippen molar-refractivity contribution in [2.75, 3.05) is 11.8 Å². The van der Waals surface area contributed by atoms with Crippen LogP contribution >= 0.6 is 23.2 Å². The number of aromatic amines is 1. The van der Waals surface area contributed by atoms with Gasteiger partial charge in [-0.3, -0.25) is 14.4 Å². The molecule has 0 saturated carbocycles. The number of carbonyl (C=O) groups is 4. The minimum absolute atomic E-state index is 0.0977. The van der Waals surface area contributed by atoms with Gasteiger partial charge in [0.05, 0.1) is 11.8 Å². The summed E-state index contributed by atoms with van der Waals surface area (Å²) in [6.07, 6.45) is -0.553. The van der Waals surface area contributed by atoms with Gasteiger partial charge in [-0.2, -0.15) is 0 Å². The number of carboxylic acids is 4. The molecule has 0 amide bonds. The number of aromatic carboxylic acids is 1. The Bertz CT molecular complexity index is 984. The van der Waals surface area contributed by atoms with E-state index in [-0.39, 0.29) is 57.9 Å². The van der Waals surface area contributed by atoms with Crippen LogP contribution in [0.2, 0.25) is 0 Å². The Kier molecular flexibility index (Phi) is 7.10. The van der Waals surface area contributed by atoms with Crippen molar-refractivity contribution in [3.8, 4) is 0 Å². The zero-order valence-electron chi connectivity index (χ0n) is 14.8. The fourth-order valence-corrected chi connectivity index (χ4v) is 3.79. The number of halogens is 2. The molecule has 0 aliphatic rings. The SMILES string of the molecule is O=C(O)CCc1c(C(=O)O)[nH]c2cc(C(CCl)C(=O)O)cc(C(CCl)C(=O)O)c12. The predicted molar refractivity (Wildman–Crippen MR) is 103 cm³/mol. The largest absolute Gasteiger partial charge is 0.481 e. The van der Waals surface area contributed by atoms with Crippen LogP contribution in [0.4, 0.5) is 0 Å². The van der Waals surface area contributed by atoms with E-state index in [1.807, 2.05) is 0 Å². The molecular weight excluding hydrogens is 429 g/mol. The Morgan fingerprint density at radius 2 is 1.52 bits per heavy atom. The van der Waals surface area contributed by atoms with Crippen molar-refractivity contribution in [1.29, 1.82) is 0 Å². The summed E-state index contributed by atoms with van der Waals surface area (Å²) in [5.41, 5.74) is 0.263. The highest BCUT2D eigenvalue weighted by Crippen LogP contribution is 2.36. The van der Waals surface area contributed by atoms with Crippen molar-refractivity contribution in [2.24, 2.45) is 0 Å². The van der Waals surface area contributed by atoms with E-state index in [4.69, 9.17) is 28.3 Å². The number of alkyl halides is 2. The summed E-state index contributed by atoms with van der Waals surface area (Å²) in [7, 11) is 0. The highest BCUT2D eigenvalue weighted by Gasteiger charge is 2.29. The maximum absolute atomic E-state index is 11.7. The zero-order valence-corrected chi connectivity index (χ0v) is 16.3. The van der Waals surface area contributed by atoms with Crippen LogP contribution in [-0.4, -0.2) is 61.0 Å². The van der Waals surface area contributed by atoms with Crippen LogP contribution in [0, 0.1) is 0 Å². The van der Waals surface area contributed by atoms with Gasteiger partial charge in [0, 0.05) is 29.1 Å². The highest BCUT2D eigenvalue weighted by molar-refractivity contribution is 6.20. The van der Waals surface area contributed by atoms with Crippen LogP contribution in [0.3, 0.4) is 0 Å². The first kappa shape index (κ1) is 22.5. The van der Waals surface area contributed by atoms with Crippen molar-refractivity contribution in [3.05, 3.63) is 34.5 Å². The Morgan fingerprint density at radius 1 is 0.931 bits per heavy atom. The second-order valence-electron chi connectivity index (χ2n) is 6.30. The van der Waals surface area contributed by atoms with Crippen LogP contribution in [0.25, 0.3) is 10.9 Å². The molecule has 0 saturated heterocycles. The summed E-state index contributed by atoms with van der Waals surface area (Å²) >= 11 is 11.6. The number of aryl methyl sites for hydroxylation is 1. The Balaban J connectivity index is 2.89. The molecule has 2 unspecified atom stereocenters. The maximum atomic E-state index is 11.7. The molecule has 29 heavy (non-hydrogen) atoms. The average Bonchev–Trinajstić information content (AvgIpc) is 2.99. The van der Waals surface area contributed by atoms with Crippen LogP contribution < -0.4 is 0 Å². The van der Waals surface area contributed by atoms with Gasteiger partial charge < -0.3 is 25.4 Å². The minimum Gasteiger partial charge on any atom is -0.481 e. The quantitative estimate of drug-likeness (QED) is 0.348. The molecule has 0 spiro atoms. The van der Waals surface area contributed by atoms with E-state index >= 15 is 0 Å². The molecule has 0 fully saturated rings. The molecule has 9 nitrogen and oxygen atoms in total. The first-order valence-electron chi connectivity index (χ1n) is 8.33. The fraction of sp³-hybridized carbons (Fsp3) is 0.333. The van der Waals surface area contributed by atoms with Gasteiger partial charge >= 0.3 is 23.9 Å². The Morgan fingerprint density at radius 3 is 1.97 bits per heavy atom. The Hall–Kier alpha value is -2.78. The van der Waals surface area contributed by atoms with Gasteiger partial charge in [-0.15, -0.1) is 23.2 Å². The van der Waals surface area contributed by atoms with Crippen LogP contribution in [0.15, 0.2) is 12.1 Å². The molecule has 0 aliphatic heterocycles. The summed E-state index contributed by atoms with van der Waals surface area (Å²) in [4.78, 5) is 48.5. The van der Waals surface area contributed by atoms with E-state index in [9.17, 15) is 34.5 Å². The van der Waals surface area contributed by atoms with Crippen LogP contribution in [-0.2, 0) is 20.8 Å². The second kappa shape index (κ2) is 9.15. The third-order valence-electron chi connectivity index (χ3n) is 4.54. The number of aromatic nitrogens is 1. The van der Waals surface area contributed by atoms with Gasteiger partial charge in [0.15, 0.2) is 0 Å². The maximum Gasteiger partial charge on any atom is 0.352 e. The number of rotatable bonds is 10. The number of benzene rings is 1. The molecule has 1 aromatic heterocycles. The monoisotopic (exact) mass is 445 g/mol. The third-order valence-corrected chi connectivity index (χ3v) is 5.16. The molecular formula is C18H17Cl2NO8. The number of carboxylic acid groups (broad SMARTS) is 4. The summed E-state index contributed by atoms with van der Waals surface area (Å²) in [5.74, 6) is -8.14. The lowest BCUT2D eigenvalue weighted by molar-refractivity contribution is -0.139. The number of aliphatic carboxylic acids is 3. The van der Waals surface area contributed by atoms with Crippen molar-refractivity contribution >= 4 is 58.0 Å². The highest BCUT2D eigenvalue weighted by atomic mass is 35.5. The van der Waals surface area contributed by atoms with E-state index in [2.05, 4.69) is 4.98 Å². The predicted octanol–water partition coefficient (Wildman–Crippen LogP) is 2.70. The average molecular weight is 446 g/mol. The molecule has 2 aromatic rings. The molecule has 0 aliphatic carbocycles. The van der Waals surface area contributed by atoms with Gasteiger partial charge in [-0.1, -0.05) is 6.07 Å². The minimum atomic E-state index is -1.36. The normalized spacial score (nSPS) is 13.2. The summed E-state index contributed by atoms with van der Waals surface area (Å²) in [6, 6.07) is 2.71. The molecule has 1 aromatic carbocycles. The second-order valence-corrected chi connectivity index (χ2v) is 6.92. The van der Waals surface area contributed by atoms with Crippen molar-refractivity contribution in [2.45, 2.75) is 24.7 Å². The topological polar surface area (TPSA) is 165 Å². The van der Waals surface area contributed by atoms with Crippen molar-refractivity contribution < 1.29 is 39.6 Å². The van der Waals surface area contributed by atoms with Crippen LogP contribution in [0.1, 0.15) is 45.4 Å². The van der Waals surface area contributed by atoms with Gasteiger partial charge in [-0.25, -0.2) is 4.79 Å². The number of hydrogen-bond acceptors (Lipinski definition) is 4. The fourth-order valence-electron chi connectivity index (χ4n) is 3.18. The Labute approximate surface area is 173 Å². The summed E-state index contributed by atoms with van der Waals surface area (Å²) in [5, 5.41) is 37.6. The molecule has 2 rings (SSSR count). The van der Waals surface area contributed by atoms with Crippen molar-refractivity contribution in [1.82, 2.24) is 4.98 Å². The van der Waals surface area contributed by atoms with E-state index in [1.54, 1.807) is 0 Å². The lowest BCUT2D eigenvalue weighted by atomic mass is 9.88. The molecule has 156 valence electrons. The zero-order chi connectivity index (χ0) is 21.9. The van der Waals surface area contributed by atoms with Gasteiger partial charge in [0.25, 0.3) is 0 Å². The molecule has 1 heterocycles. The van der Waals surface area contributed by atoms with Gasteiger partial charge in [0.2, 0.25) is 0 Å². The number of H-pyrrole nitrogens is 1. The van der Waals surface area contributed by atoms with E-state index < -0.39 is 35.7 Å². The molecule has 11 heteroatoms. The molecule has 0 bridgehead atoms. The number of fused-ring (bicyclic) bond motifs is 1. The lowest BCUT2D eigenvalue weighted by Crippen LogP contribution is -2.17. The first-order chi connectivity index (χ1) is 13.6. The molecule has 5 N–H and O–H groups in total. The number of nitrogens with one attached hydrogen (secondary N) is 1. The molecule has 2 atom stereocenters. The van der Waals surface area contributed by atoms with Crippen LogP contribution in [0.5, 0.6) is 0 Å². The summed E-state index contributed by atoms with van der Waals surface area (Å²) in [6.45, 7) is 0. The summed E-state index contributed by atoms with van der Waals surface area (Å²) < 4.78 is 0. The smallest absolute Gasteiger partial charge is 0.352 e. The number of hydrogen-bond donors (Lipinski definition) is 5. The van der Waals surface area contributed by atoms with E-state index in [0.29, 0.717) is 0 Å². The third kappa shape index (κ3) is 4.63. The van der Waals surface area contributed by atoms with E-state index in [0.717, 1.165) is 0 Å². The molecule has 0 radical (unpaired) electrons. The van der Waals surface area contributed by atoms with E-state index in [1.165, 1.54) is 12.1 Å². The first-order valence-corrected chi connectivity index (χ1v) is 9.40. The standard InChI is InChI=1S/C18H17Cl2NO8/c19-5-10(16(24)25)7-3-9(11(6-20)17(26)27)14-8(1-2-13(22)23)15(18(28)29)21-12(14)4-7/h3-4,10-11,21H,1-2,5-6H2,(H,22,23)(H,24,25)(H,26,27)(H,28,29). The van der Waals surface area contributed by atoms with Crippen molar-refractivity contribution in [3.63, 3.8) is 0 Å². The van der Waals surface area contributed by atoms with Gasteiger partial charge in [0.1, 0.15) is 5.69 Å². The van der Waals surface area contributed by atoms with Gasteiger partial charge in [-0.05, 0) is 29.2 Å².